The van der Waals surface area contributed by atoms with Crippen LogP contribution in [0.1, 0.15) is 23.3 Å². The molecule has 0 saturated carbocycles. The summed E-state index contributed by atoms with van der Waals surface area (Å²) in [5.41, 5.74) is 3.83. The number of nitrogens with zero attached hydrogens (tertiary/aromatic N) is 1. The van der Waals surface area contributed by atoms with Crippen molar-refractivity contribution in [2.45, 2.75) is 25.7 Å². The lowest BCUT2D eigenvalue weighted by molar-refractivity contribution is 0.700. The zero-order valence-electron chi connectivity index (χ0n) is 11.0. The third-order valence-electron chi connectivity index (χ3n) is 3.90. The Hall–Kier alpha value is -1.52. The van der Waals surface area contributed by atoms with Gasteiger partial charge in [0.2, 0.25) is 0 Å². The maximum absolute atomic E-state index is 5.31. The first kappa shape index (κ1) is 12.2. The summed E-state index contributed by atoms with van der Waals surface area (Å²) in [7, 11) is 0. The van der Waals surface area contributed by atoms with Crippen molar-refractivity contribution in [3.63, 3.8) is 0 Å². The highest BCUT2D eigenvalue weighted by molar-refractivity contribution is 7.71. The Labute approximate surface area is 126 Å². The van der Waals surface area contributed by atoms with Crippen molar-refractivity contribution in [3.8, 4) is 11.3 Å². The van der Waals surface area contributed by atoms with E-state index in [0.29, 0.717) is 4.77 Å². The molecule has 3 aromatic rings. The van der Waals surface area contributed by atoms with E-state index in [1.807, 2.05) is 17.4 Å². The van der Waals surface area contributed by atoms with Gasteiger partial charge in [0, 0.05) is 10.3 Å². The summed E-state index contributed by atoms with van der Waals surface area (Å²) < 4.78 is 0.579. The van der Waals surface area contributed by atoms with E-state index in [-0.39, 0.29) is 0 Å². The van der Waals surface area contributed by atoms with Crippen molar-refractivity contribution in [2.75, 3.05) is 0 Å². The first-order valence-corrected chi connectivity index (χ1v) is 8.15. The molecule has 0 amide bonds. The van der Waals surface area contributed by atoms with Crippen molar-refractivity contribution in [2.24, 2.45) is 0 Å². The molecule has 0 atom stereocenters. The fourth-order valence-electron chi connectivity index (χ4n) is 3.00. The molecule has 20 heavy (non-hydrogen) atoms. The number of benzene rings is 1. The van der Waals surface area contributed by atoms with Crippen LogP contribution in [-0.4, -0.2) is 9.97 Å². The van der Waals surface area contributed by atoms with Crippen molar-refractivity contribution in [3.05, 3.63) is 45.5 Å². The number of hydrogen-bond acceptors (Lipinski definition) is 3. The fourth-order valence-corrected chi connectivity index (χ4v) is 4.52. The van der Waals surface area contributed by atoms with Gasteiger partial charge in [0.15, 0.2) is 4.77 Å². The number of rotatable bonds is 1. The highest BCUT2D eigenvalue weighted by Gasteiger charge is 2.20. The smallest absolute Gasteiger partial charge is 0.198 e. The third-order valence-corrected chi connectivity index (χ3v) is 5.28. The van der Waals surface area contributed by atoms with Gasteiger partial charge in [-0.3, -0.25) is 0 Å². The van der Waals surface area contributed by atoms with Crippen LogP contribution in [0.3, 0.4) is 0 Å². The largest absolute Gasteiger partial charge is 0.330 e. The molecule has 0 bridgehead atoms. The quantitative estimate of drug-likeness (QED) is 0.647. The Bertz CT molecular complexity index is 831. The lowest BCUT2D eigenvalue weighted by atomic mass is 9.95. The van der Waals surface area contributed by atoms with Gasteiger partial charge in [0.05, 0.1) is 5.69 Å². The summed E-state index contributed by atoms with van der Waals surface area (Å²) in [6.07, 6.45) is 4.94. The van der Waals surface area contributed by atoms with Gasteiger partial charge in [-0.25, -0.2) is 4.98 Å². The summed E-state index contributed by atoms with van der Waals surface area (Å²) >= 11 is 7.13. The Morgan fingerprint density at radius 3 is 2.75 bits per heavy atom. The maximum Gasteiger partial charge on any atom is 0.198 e. The molecule has 2 aromatic heterocycles. The molecule has 1 N–H and O–H groups in total. The predicted octanol–water partition coefficient (Wildman–Crippen LogP) is 4.90. The molecule has 0 fully saturated rings. The van der Waals surface area contributed by atoms with E-state index in [0.717, 1.165) is 10.5 Å². The molecule has 0 radical (unpaired) electrons. The third kappa shape index (κ3) is 1.91. The fraction of sp³-hybridized carbons (Fsp3) is 0.250. The Kier molecular flexibility index (Phi) is 2.93. The van der Waals surface area contributed by atoms with Crippen LogP contribution in [0, 0.1) is 4.77 Å². The second-order valence-corrected chi connectivity index (χ2v) is 6.64. The maximum atomic E-state index is 5.31. The molecule has 0 spiro atoms. The molecule has 4 rings (SSSR count). The molecule has 4 heteroatoms. The van der Waals surface area contributed by atoms with E-state index >= 15 is 0 Å². The van der Waals surface area contributed by atoms with Crippen LogP contribution in [0.2, 0.25) is 0 Å². The second-order valence-electron chi connectivity index (χ2n) is 5.17. The monoisotopic (exact) mass is 298 g/mol. The summed E-state index contributed by atoms with van der Waals surface area (Å²) in [5.74, 6) is 0. The molecular formula is C16H14N2S2. The highest BCUT2D eigenvalue weighted by Crippen LogP contribution is 2.39. The van der Waals surface area contributed by atoms with E-state index < -0.39 is 0 Å². The van der Waals surface area contributed by atoms with E-state index in [1.165, 1.54) is 47.1 Å². The standard InChI is InChI=1S/C16H14N2S2/c19-16-17-14(10-6-2-1-3-7-10)13-11-8-4-5-9-12(11)20-15(13)18-16/h1-3,6-7H,4-5,8-9H2,(H,17,18,19). The SMILES string of the molecule is S=c1nc2sc3c(c2c(-c2ccccc2)[nH]1)CCCC3. The number of aromatic amines is 1. The minimum atomic E-state index is 0.579. The van der Waals surface area contributed by atoms with Gasteiger partial charge >= 0.3 is 0 Å². The van der Waals surface area contributed by atoms with Crippen molar-refractivity contribution in [1.29, 1.82) is 0 Å². The molecule has 0 aliphatic heterocycles. The van der Waals surface area contributed by atoms with E-state index in [4.69, 9.17) is 12.2 Å². The van der Waals surface area contributed by atoms with Gasteiger partial charge in [0.1, 0.15) is 4.83 Å². The Morgan fingerprint density at radius 2 is 1.90 bits per heavy atom. The summed E-state index contributed by atoms with van der Waals surface area (Å²) in [5, 5.41) is 1.30. The minimum Gasteiger partial charge on any atom is -0.330 e. The number of hydrogen-bond donors (Lipinski definition) is 1. The van der Waals surface area contributed by atoms with Crippen LogP contribution in [0.15, 0.2) is 30.3 Å². The van der Waals surface area contributed by atoms with Crippen LogP contribution in [0.4, 0.5) is 0 Å². The van der Waals surface area contributed by atoms with Crippen LogP contribution in [-0.2, 0) is 12.8 Å². The number of aromatic nitrogens is 2. The average molecular weight is 298 g/mol. The summed E-state index contributed by atoms with van der Waals surface area (Å²) in [6.45, 7) is 0. The van der Waals surface area contributed by atoms with Crippen LogP contribution in [0.5, 0.6) is 0 Å². The van der Waals surface area contributed by atoms with Crippen LogP contribution in [0.25, 0.3) is 21.5 Å². The first-order chi connectivity index (χ1) is 9.83. The topological polar surface area (TPSA) is 28.7 Å². The zero-order chi connectivity index (χ0) is 13.5. The van der Waals surface area contributed by atoms with E-state index in [9.17, 15) is 0 Å². The van der Waals surface area contributed by atoms with E-state index in [2.05, 4.69) is 34.2 Å². The summed E-state index contributed by atoms with van der Waals surface area (Å²) in [4.78, 5) is 10.5. The number of thiophene rings is 1. The molecule has 2 nitrogen and oxygen atoms in total. The lowest BCUT2D eigenvalue weighted by Gasteiger charge is -2.12. The first-order valence-electron chi connectivity index (χ1n) is 6.93. The predicted molar refractivity (Wildman–Crippen MR) is 86.9 cm³/mol. The van der Waals surface area contributed by atoms with E-state index in [1.54, 1.807) is 0 Å². The molecule has 2 heterocycles. The lowest BCUT2D eigenvalue weighted by Crippen LogP contribution is -1.99. The zero-order valence-corrected chi connectivity index (χ0v) is 12.6. The van der Waals surface area contributed by atoms with Crippen LogP contribution < -0.4 is 0 Å². The molecule has 1 aliphatic rings. The van der Waals surface area contributed by atoms with Crippen LogP contribution >= 0.6 is 23.6 Å². The normalized spacial score (nSPS) is 14.4. The molecule has 100 valence electrons. The average Bonchev–Trinajstić information content (AvgIpc) is 2.85. The van der Waals surface area contributed by atoms with Gasteiger partial charge in [0.25, 0.3) is 0 Å². The number of H-pyrrole nitrogens is 1. The van der Waals surface area contributed by atoms with Crippen molar-refractivity contribution >= 4 is 33.8 Å². The second kappa shape index (κ2) is 4.79. The Balaban J connectivity index is 2.09. The van der Waals surface area contributed by atoms with Gasteiger partial charge in [-0.15, -0.1) is 11.3 Å². The highest BCUT2D eigenvalue weighted by atomic mass is 32.1. The molecular weight excluding hydrogens is 284 g/mol. The van der Waals surface area contributed by atoms with Crippen molar-refractivity contribution < 1.29 is 0 Å². The van der Waals surface area contributed by atoms with Gasteiger partial charge in [-0.05, 0) is 49.0 Å². The minimum absolute atomic E-state index is 0.579. The number of aryl methyl sites for hydroxylation is 2. The van der Waals surface area contributed by atoms with Gasteiger partial charge < -0.3 is 4.98 Å². The molecule has 0 unspecified atom stereocenters. The molecule has 1 aromatic carbocycles. The number of fused-ring (bicyclic) bond motifs is 3. The molecule has 0 saturated heterocycles. The van der Waals surface area contributed by atoms with Gasteiger partial charge in [-0.2, -0.15) is 0 Å². The number of nitrogens with one attached hydrogen (secondary N) is 1. The Morgan fingerprint density at radius 1 is 1.10 bits per heavy atom. The summed E-state index contributed by atoms with van der Waals surface area (Å²) in [6, 6.07) is 10.4. The van der Waals surface area contributed by atoms with Gasteiger partial charge in [-0.1, -0.05) is 30.3 Å². The van der Waals surface area contributed by atoms with Crippen molar-refractivity contribution in [1.82, 2.24) is 9.97 Å². The molecule has 1 aliphatic carbocycles.